The molecule has 2 atom stereocenters. The smallest absolute Gasteiger partial charge is 0.277 e. The van der Waals surface area contributed by atoms with Gasteiger partial charge in [0.2, 0.25) is 0 Å². The molecule has 0 radical (unpaired) electrons. The molecule has 0 saturated heterocycles. The summed E-state index contributed by atoms with van der Waals surface area (Å²) in [5.41, 5.74) is 3.85. The molecule has 126 valence electrons. The molecule has 0 unspecified atom stereocenters. The fraction of sp³-hybridized carbons (Fsp3) is 0.389. The molecule has 0 spiro atoms. The van der Waals surface area contributed by atoms with E-state index in [0.29, 0.717) is 16.9 Å². The van der Waals surface area contributed by atoms with Crippen molar-refractivity contribution in [3.8, 4) is 0 Å². The van der Waals surface area contributed by atoms with Crippen LogP contribution in [0.1, 0.15) is 48.5 Å². The monoisotopic (exact) mass is 326 g/mol. The van der Waals surface area contributed by atoms with Crippen molar-refractivity contribution in [1.29, 1.82) is 0 Å². The molecule has 0 bridgehead atoms. The lowest BCUT2D eigenvalue weighted by atomic mass is 9.96. The topological polar surface area (TPSA) is 83.8 Å². The minimum Gasteiger partial charge on any atom is -0.394 e. The lowest BCUT2D eigenvalue weighted by Gasteiger charge is -2.11. The number of aliphatic hydroxyl groups is 1. The van der Waals surface area contributed by atoms with Crippen LogP contribution in [0, 0.1) is 13.8 Å². The second-order valence-corrected chi connectivity index (χ2v) is 6.34. The highest BCUT2D eigenvalue weighted by Gasteiger charge is 2.23. The molecule has 0 fully saturated rings. The van der Waals surface area contributed by atoms with Crippen molar-refractivity contribution < 1.29 is 5.11 Å². The fourth-order valence-electron chi connectivity index (χ4n) is 2.89. The molecule has 0 saturated carbocycles. The van der Waals surface area contributed by atoms with E-state index in [9.17, 15) is 9.90 Å². The molecule has 1 aromatic carbocycles. The van der Waals surface area contributed by atoms with Gasteiger partial charge in [-0.3, -0.25) is 9.48 Å². The Balaban J connectivity index is 2.24. The lowest BCUT2D eigenvalue weighted by molar-refractivity contribution is 0.232. The lowest BCUT2D eigenvalue weighted by Crippen LogP contribution is -2.18. The Morgan fingerprint density at radius 3 is 2.50 bits per heavy atom. The number of aliphatic hydroxyl groups excluding tert-OH is 1. The van der Waals surface area contributed by atoms with Gasteiger partial charge in [-0.2, -0.15) is 5.10 Å². The van der Waals surface area contributed by atoms with Crippen molar-refractivity contribution >= 4 is 11.0 Å². The van der Waals surface area contributed by atoms with Crippen molar-refractivity contribution in [2.75, 3.05) is 6.61 Å². The van der Waals surface area contributed by atoms with Crippen LogP contribution in [-0.4, -0.2) is 31.5 Å². The van der Waals surface area contributed by atoms with Gasteiger partial charge in [-0.1, -0.05) is 36.8 Å². The van der Waals surface area contributed by atoms with E-state index >= 15 is 0 Å². The number of hydrogen-bond donors (Lipinski definition) is 2. The van der Waals surface area contributed by atoms with Crippen molar-refractivity contribution in [2.24, 2.45) is 0 Å². The average molecular weight is 326 g/mol. The van der Waals surface area contributed by atoms with Crippen LogP contribution in [0.25, 0.3) is 11.0 Å². The summed E-state index contributed by atoms with van der Waals surface area (Å²) in [6.45, 7) is 7.59. The Bertz CT molecular complexity index is 925. The SMILES string of the molecule is Cc1ccc([C@@H](C)c2nn([C@@H](C)CO)c3c(=O)[nH]c(C)nc23)cc1. The number of hydrogen-bond acceptors (Lipinski definition) is 4. The highest BCUT2D eigenvalue weighted by atomic mass is 16.3. The number of H-pyrrole nitrogens is 1. The van der Waals surface area contributed by atoms with Gasteiger partial charge in [0, 0.05) is 5.92 Å². The van der Waals surface area contributed by atoms with Crippen molar-refractivity contribution in [2.45, 2.75) is 39.7 Å². The zero-order chi connectivity index (χ0) is 17.4. The maximum absolute atomic E-state index is 12.4. The second-order valence-electron chi connectivity index (χ2n) is 6.34. The zero-order valence-electron chi connectivity index (χ0n) is 14.4. The van der Waals surface area contributed by atoms with E-state index in [1.165, 1.54) is 5.56 Å². The summed E-state index contributed by atoms with van der Waals surface area (Å²) < 4.78 is 1.58. The molecule has 3 aromatic rings. The second kappa shape index (κ2) is 6.20. The van der Waals surface area contributed by atoms with Crippen LogP contribution < -0.4 is 5.56 Å². The molecule has 3 rings (SSSR count). The summed E-state index contributed by atoms with van der Waals surface area (Å²) in [6.07, 6.45) is 0. The van der Waals surface area contributed by atoms with Crippen molar-refractivity contribution in [1.82, 2.24) is 19.7 Å². The molecule has 2 heterocycles. The van der Waals surface area contributed by atoms with Crippen LogP contribution in [0.5, 0.6) is 0 Å². The van der Waals surface area contributed by atoms with Crippen LogP contribution in [0.15, 0.2) is 29.1 Å². The van der Waals surface area contributed by atoms with Gasteiger partial charge in [0.1, 0.15) is 11.3 Å². The minimum absolute atomic E-state index is 0.00561. The summed E-state index contributed by atoms with van der Waals surface area (Å²) in [5, 5.41) is 14.1. The maximum atomic E-state index is 12.4. The summed E-state index contributed by atoms with van der Waals surface area (Å²) >= 11 is 0. The number of benzene rings is 1. The first-order chi connectivity index (χ1) is 11.4. The quantitative estimate of drug-likeness (QED) is 0.771. The zero-order valence-corrected chi connectivity index (χ0v) is 14.4. The van der Waals surface area contributed by atoms with Gasteiger partial charge in [-0.05, 0) is 26.3 Å². The number of aromatic nitrogens is 4. The molecule has 0 aliphatic heterocycles. The number of aryl methyl sites for hydroxylation is 2. The summed E-state index contributed by atoms with van der Waals surface area (Å²) in [7, 11) is 0. The van der Waals surface area contributed by atoms with E-state index in [1.807, 2.05) is 13.8 Å². The Morgan fingerprint density at radius 2 is 1.88 bits per heavy atom. The van der Waals surface area contributed by atoms with Gasteiger partial charge in [-0.15, -0.1) is 0 Å². The van der Waals surface area contributed by atoms with Crippen LogP contribution >= 0.6 is 0 Å². The molecule has 24 heavy (non-hydrogen) atoms. The van der Waals surface area contributed by atoms with E-state index in [1.54, 1.807) is 11.6 Å². The molecule has 0 amide bonds. The molecular weight excluding hydrogens is 304 g/mol. The van der Waals surface area contributed by atoms with E-state index < -0.39 is 0 Å². The number of rotatable bonds is 4. The van der Waals surface area contributed by atoms with Gasteiger partial charge < -0.3 is 10.1 Å². The first kappa shape index (κ1) is 16.4. The minimum atomic E-state index is -0.294. The van der Waals surface area contributed by atoms with Crippen LogP contribution in [0.2, 0.25) is 0 Å². The highest BCUT2D eigenvalue weighted by molar-refractivity contribution is 5.78. The van der Waals surface area contributed by atoms with Crippen LogP contribution in [-0.2, 0) is 0 Å². The van der Waals surface area contributed by atoms with E-state index in [2.05, 4.69) is 46.3 Å². The molecule has 6 nitrogen and oxygen atoms in total. The Labute approximate surface area is 140 Å². The Kier molecular flexibility index (Phi) is 4.24. The number of aromatic amines is 1. The average Bonchev–Trinajstić information content (AvgIpc) is 2.93. The normalized spacial score (nSPS) is 14.0. The molecule has 0 aliphatic rings. The standard InChI is InChI=1S/C18H22N4O2/c1-10-5-7-14(8-6-10)12(3)15-16-17(18(24)20-13(4)19-16)22(21-15)11(2)9-23/h5-8,11-12,23H,9H2,1-4H3,(H,19,20,24)/t11-,12+/m0/s1. The molecule has 2 N–H and O–H groups in total. The largest absolute Gasteiger partial charge is 0.394 e. The third-order valence-electron chi connectivity index (χ3n) is 4.37. The number of nitrogens with one attached hydrogen (secondary N) is 1. The Hall–Kier alpha value is -2.47. The van der Waals surface area contributed by atoms with Crippen LogP contribution in [0.4, 0.5) is 0 Å². The third kappa shape index (κ3) is 2.73. The first-order valence-corrected chi connectivity index (χ1v) is 8.08. The molecule has 0 aliphatic carbocycles. The summed E-state index contributed by atoms with van der Waals surface area (Å²) in [5.74, 6) is 0.551. The molecule has 6 heteroatoms. The van der Waals surface area contributed by atoms with Gasteiger partial charge in [0.25, 0.3) is 5.56 Å². The summed E-state index contributed by atoms with van der Waals surface area (Å²) in [4.78, 5) is 19.7. The van der Waals surface area contributed by atoms with Gasteiger partial charge >= 0.3 is 0 Å². The van der Waals surface area contributed by atoms with E-state index in [-0.39, 0.29) is 24.1 Å². The van der Waals surface area contributed by atoms with Crippen LogP contribution in [0.3, 0.4) is 0 Å². The van der Waals surface area contributed by atoms with Gasteiger partial charge in [-0.25, -0.2) is 4.98 Å². The number of nitrogens with zero attached hydrogens (tertiary/aromatic N) is 3. The number of fused-ring (bicyclic) bond motifs is 1. The third-order valence-corrected chi connectivity index (χ3v) is 4.37. The van der Waals surface area contributed by atoms with E-state index in [4.69, 9.17) is 0 Å². The Morgan fingerprint density at radius 1 is 1.21 bits per heavy atom. The van der Waals surface area contributed by atoms with Gasteiger partial charge in [0.15, 0.2) is 5.52 Å². The highest BCUT2D eigenvalue weighted by Crippen LogP contribution is 2.29. The maximum Gasteiger partial charge on any atom is 0.277 e. The first-order valence-electron chi connectivity index (χ1n) is 8.08. The van der Waals surface area contributed by atoms with Crippen molar-refractivity contribution in [3.63, 3.8) is 0 Å². The molecular formula is C18H22N4O2. The predicted octanol–water partition coefficient (Wildman–Crippen LogP) is 2.44. The molecule has 2 aromatic heterocycles. The fourth-order valence-corrected chi connectivity index (χ4v) is 2.89. The van der Waals surface area contributed by atoms with E-state index in [0.717, 1.165) is 11.3 Å². The van der Waals surface area contributed by atoms with Crippen molar-refractivity contribution in [3.05, 3.63) is 57.3 Å². The van der Waals surface area contributed by atoms with Gasteiger partial charge in [0.05, 0.1) is 18.3 Å². The summed E-state index contributed by atoms with van der Waals surface area (Å²) in [6, 6.07) is 7.97. The predicted molar refractivity (Wildman–Crippen MR) is 93.4 cm³/mol.